The Kier molecular flexibility index (Phi) is 13.7. The van der Waals surface area contributed by atoms with Crippen LogP contribution >= 0.6 is 0 Å². The van der Waals surface area contributed by atoms with Crippen molar-refractivity contribution in [1.29, 1.82) is 0 Å². The average Bonchev–Trinajstić information content (AvgIpc) is 3.82. The molecule has 0 radical (unpaired) electrons. The topological polar surface area (TPSA) is 110 Å². The lowest BCUT2D eigenvalue weighted by Crippen LogP contribution is -2.55. The zero-order valence-corrected chi connectivity index (χ0v) is 27.5. The van der Waals surface area contributed by atoms with Crippen molar-refractivity contribution in [1.82, 2.24) is 10.2 Å². The van der Waals surface area contributed by atoms with Crippen molar-refractivity contribution in [2.24, 2.45) is 29.6 Å². The van der Waals surface area contributed by atoms with Crippen LogP contribution in [0.25, 0.3) is 0 Å². The summed E-state index contributed by atoms with van der Waals surface area (Å²) in [6.45, 7) is 4.99. The molecule has 4 N–H and O–H groups in total. The predicted octanol–water partition coefficient (Wildman–Crippen LogP) is 6.12. The van der Waals surface area contributed by atoms with E-state index in [1.54, 1.807) is 0 Å². The van der Waals surface area contributed by atoms with Gasteiger partial charge in [-0.15, -0.1) is 0 Å². The number of hydrogen-bond acceptors (Lipinski definition) is 5. The summed E-state index contributed by atoms with van der Waals surface area (Å²) in [4.78, 5) is 30.0. The SMILES string of the molecule is CC(C)C[C@H](O)[C@H](O)[C@H](CC1CCCCC1)N(CC1CCCCC1)C(=O)[C@@H](CC(=O)NCC1(O)CCCCC1)CC1CC1. The number of hydrogen-bond donors (Lipinski definition) is 4. The van der Waals surface area contributed by atoms with Crippen molar-refractivity contribution in [3.63, 3.8) is 0 Å². The third-order valence-corrected chi connectivity index (χ3v) is 11.2. The second kappa shape index (κ2) is 16.9. The molecule has 4 atom stereocenters. The van der Waals surface area contributed by atoms with Crippen LogP contribution < -0.4 is 5.32 Å². The molecule has 0 aliphatic heterocycles. The van der Waals surface area contributed by atoms with Gasteiger partial charge in [-0.25, -0.2) is 0 Å². The van der Waals surface area contributed by atoms with Gasteiger partial charge in [0.1, 0.15) is 6.10 Å². The lowest BCUT2D eigenvalue weighted by molar-refractivity contribution is -0.148. The molecule has 0 aromatic rings. The second-order valence-corrected chi connectivity index (χ2v) is 15.6. The van der Waals surface area contributed by atoms with Gasteiger partial charge in [0.2, 0.25) is 11.8 Å². The average molecular weight is 605 g/mol. The van der Waals surface area contributed by atoms with Crippen molar-refractivity contribution >= 4 is 11.8 Å². The number of carbonyl (C=O) groups excluding carboxylic acids is 2. The molecule has 4 aliphatic carbocycles. The maximum atomic E-state index is 14.7. The van der Waals surface area contributed by atoms with Crippen LogP contribution in [-0.4, -0.2) is 69.0 Å². The third-order valence-electron chi connectivity index (χ3n) is 11.2. The fourth-order valence-corrected chi connectivity index (χ4v) is 8.34. The minimum atomic E-state index is -0.993. The van der Waals surface area contributed by atoms with Gasteiger partial charge in [0.15, 0.2) is 0 Å². The molecule has 0 heterocycles. The van der Waals surface area contributed by atoms with Gasteiger partial charge >= 0.3 is 0 Å². The normalized spacial score (nSPS) is 24.7. The molecular formula is C36H64N2O5. The zero-order chi connectivity index (χ0) is 30.8. The number of aliphatic hydroxyl groups excluding tert-OH is 2. The highest BCUT2D eigenvalue weighted by atomic mass is 16.3. The van der Waals surface area contributed by atoms with E-state index >= 15 is 0 Å². The van der Waals surface area contributed by atoms with Gasteiger partial charge in [0.05, 0.1) is 17.7 Å². The Morgan fingerprint density at radius 1 is 0.791 bits per heavy atom. The first-order valence-corrected chi connectivity index (χ1v) is 18.3. The highest BCUT2D eigenvalue weighted by Crippen LogP contribution is 2.39. The monoisotopic (exact) mass is 604 g/mol. The number of carbonyl (C=O) groups is 2. The van der Waals surface area contributed by atoms with Crippen LogP contribution in [0.4, 0.5) is 0 Å². The highest BCUT2D eigenvalue weighted by Gasteiger charge is 2.41. The molecule has 4 saturated carbocycles. The molecule has 0 aromatic heterocycles. The Morgan fingerprint density at radius 3 is 1.93 bits per heavy atom. The van der Waals surface area contributed by atoms with Crippen molar-refractivity contribution < 1.29 is 24.9 Å². The quantitative estimate of drug-likeness (QED) is 0.170. The summed E-state index contributed by atoms with van der Waals surface area (Å²) >= 11 is 0. The Morgan fingerprint density at radius 2 is 1.35 bits per heavy atom. The van der Waals surface area contributed by atoms with Crippen LogP contribution in [0.3, 0.4) is 0 Å². The summed E-state index contributed by atoms with van der Waals surface area (Å²) in [7, 11) is 0. The number of amides is 2. The fraction of sp³-hybridized carbons (Fsp3) is 0.944. The molecule has 4 aliphatic rings. The zero-order valence-electron chi connectivity index (χ0n) is 27.5. The minimum Gasteiger partial charge on any atom is -0.390 e. The number of nitrogens with zero attached hydrogens (tertiary/aromatic N) is 1. The van der Waals surface area contributed by atoms with E-state index in [9.17, 15) is 24.9 Å². The van der Waals surface area contributed by atoms with E-state index < -0.39 is 29.8 Å². The molecule has 2 amide bonds. The molecule has 0 bridgehead atoms. The number of aliphatic hydroxyl groups is 3. The number of rotatable bonds is 16. The number of nitrogens with one attached hydrogen (secondary N) is 1. The molecule has 7 nitrogen and oxygen atoms in total. The van der Waals surface area contributed by atoms with Gasteiger partial charge in [-0.2, -0.15) is 0 Å². The first-order chi connectivity index (χ1) is 20.6. The van der Waals surface area contributed by atoms with Gasteiger partial charge < -0.3 is 25.5 Å². The molecule has 4 rings (SSSR count). The van der Waals surface area contributed by atoms with Crippen LogP contribution in [0.5, 0.6) is 0 Å². The van der Waals surface area contributed by atoms with Crippen LogP contribution in [0.1, 0.15) is 149 Å². The van der Waals surface area contributed by atoms with Crippen LogP contribution in [-0.2, 0) is 9.59 Å². The van der Waals surface area contributed by atoms with Crippen molar-refractivity contribution in [3.8, 4) is 0 Å². The summed E-state index contributed by atoms with van der Waals surface area (Å²) in [5.74, 6) is 0.988. The lowest BCUT2D eigenvalue weighted by Gasteiger charge is -2.43. The van der Waals surface area contributed by atoms with Gasteiger partial charge in [0, 0.05) is 25.4 Å². The third kappa shape index (κ3) is 11.3. The van der Waals surface area contributed by atoms with Crippen molar-refractivity contribution in [3.05, 3.63) is 0 Å². The van der Waals surface area contributed by atoms with E-state index in [0.29, 0.717) is 50.0 Å². The Balaban J connectivity index is 1.55. The van der Waals surface area contributed by atoms with E-state index in [1.165, 1.54) is 38.5 Å². The van der Waals surface area contributed by atoms with Crippen LogP contribution in [0, 0.1) is 29.6 Å². The second-order valence-electron chi connectivity index (χ2n) is 15.6. The Labute approximate surface area is 262 Å². The highest BCUT2D eigenvalue weighted by molar-refractivity contribution is 5.86. The van der Waals surface area contributed by atoms with Gasteiger partial charge in [0.25, 0.3) is 0 Å². The summed E-state index contributed by atoms with van der Waals surface area (Å²) in [5, 5.41) is 36.9. The van der Waals surface area contributed by atoms with E-state index in [0.717, 1.165) is 64.2 Å². The molecule has 0 saturated heterocycles. The Hall–Kier alpha value is -1.18. The maximum absolute atomic E-state index is 14.7. The van der Waals surface area contributed by atoms with E-state index in [1.807, 2.05) is 4.90 Å². The first kappa shape index (κ1) is 34.7. The van der Waals surface area contributed by atoms with Gasteiger partial charge in [-0.1, -0.05) is 97.3 Å². The summed E-state index contributed by atoms with van der Waals surface area (Å²) in [6.07, 6.45) is 18.6. The van der Waals surface area contributed by atoms with Gasteiger partial charge in [-0.3, -0.25) is 9.59 Å². The molecule has 0 spiro atoms. The lowest BCUT2D eigenvalue weighted by atomic mass is 9.80. The molecule has 43 heavy (non-hydrogen) atoms. The molecular weight excluding hydrogens is 540 g/mol. The molecule has 0 aromatic carbocycles. The summed E-state index contributed by atoms with van der Waals surface area (Å²) < 4.78 is 0. The smallest absolute Gasteiger partial charge is 0.226 e. The van der Waals surface area contributed by atoms with Crippen LogP contribution in [0.2, 0.25) is 0 Å². The molecule has 4 fully saturated rings. The van der Waals surface area contributed by atoms with Crippen LogP contribution in [0.15, 0.2) is 0 Å². The standard InChI is InChI=1S/C36H64N2O5/c1-26(2)20-32(39)34(41)31(22-27-12-6-3-7-13-27)38(24-29-14-8-4-9-15-29)35(42)30(21-28-16-17-28)23-33(40)37-25-36(43)18-10-5-11-19-36/h26-32,34,39,41,43H,3-25H2,1-2H3,(H,37,40)/t30-,31+,32+,34-/m1/s1. The van der Waals surface area contributed by atoms with Gasteiger partial charge in [-0.05, 0) is 68.6 Å². The largest absolute Gasteiger partial charge is 0.390 e. The molecule has 248 valence electrons. The first-order valence-electron chi connectivity index (χ1n) is 18.3. The maximum Gasteiger partial charge on any atom is 0.226 e. The summed E-state index contributed by atoms with van der Waals surface area (Å²) in [5.41, 5.74) is -0.835. The van der Waals surface area contributed by atoms with E-state index in [4.69, 9.17) is 0 Å². The van der Waals surface area contributed by atoms with Crippen molar-refractivity contribution in [2.75, 3.05) is 13.1 Å². The predicted molar refractivity (Wildman–Crippen MR) is 171 cm³/mol. The molecule has 7 heteroatoms. The molecule has 0 unspecified atom stereocenters. The fourth-order valence-electron chi connectivity index (χ4n) is 8.34. The van der Waals surface area contributed by atoms with Crippen molar-refractivity contribution in [2.45, 2.75) is 173 Å². The minimum absolute atomic E-state index is 0.000563. The Bertz CT molecular complexity index is 843. The van der Waals surface area contributed by atoms with E-state index in [-0.39, 0.29) is 30.7 Å². The van der Waals surface area contributed by atoms with E-state index in [2.05, 4.69) is 19.2 Å². The summed E-state index contributed by atoms with van der Waals surface area (Å²) in [6, 6.07) is -0.431.